The van der Waals surface area contributed by atoms with Gasteiger partial charge in [-0.3, -0.25) is 9.78 Å². The third-order valence-corrected chi connectivity index (χ3v) is 3.30. The fourth-order valence-electron chi connectivity index (χ4n) is 1.38. The molecule has 2 aromatic rings. The molecule has 2 aromatic heterocycles. The van der Waals surface area contributed by atoms with Gasteiger partial charge in [-0.1, -0.05) is 0 Å². The number of pyridine rings is 1. The predicted molar refractivity (Wildman–Crippen MR) is 62.7 cm³/mol. The highest BCUT2D eigenvalue weighted by molar-refractivity contribution is 7.13. The van der Waals surface area contributed by atoms with E-state index < -0.39 is 17.0 Å². The Morgan fingerprint density at radius 2 is 2.11 bits per heavy atom. The molecular formula is C11H8F3N3OS. The van der Waals surface area contributed by atoms with Crippen molar-refractivity contribution in [3.63, 3.8) is 0 Å². The molecule has 0 bridgehead atoms. The lowest BCUT2D eigenvalue weighted by Gasteiger charge is -2.01. The molecule has 2 N–H and O–H groups in total. The summed E-state index contributed by atoms with van der Waals surface area (Å²) in [6, 6.07) is 2.88. The average Bonchev–Trinajstić information content (AvgIpc) is 2.87. The van der Waals surface area contributed by atoms with Gasteiger partial charge in [0.2, 0.25) is 5.78 Å². The Labute approximate surface area is 110 Å². The number of nitrogens with zero attached hydrogens (tertiary/aromatic N) is 2. The smallest absolute Gasteiger partial charge is 0.325 e. The van der Waals surface area contributed by atoms with Crippen molar-refractivity contribution in [3.05, 3.63) is 45.7 Å². The standard InChI is InChI=1S/C11H8F3N3OS/c12-11(13,14)10-17-5-8(19-10)9(18)6-1-2-16-7(3-6)4-15/h1-3,5H,4,15H2. The van der Waals surface area contributed by atoms with E-state index in [-0.39, 0.29) is 17.0 Å². The molecule has 0 aromatic carbocycles. The Kier molecular flexibility index (Phi) is 3.63. The molecule has 0 radical (unpaired) electrons. The lowest BCUT2D eigenvalue weighted by Crippen LogP contribution is -2.04. The van der Waals surface area contributed by atoms with Crippen molar-refractivity contribution < 1.29 is 18.0 Å². The lowest BCUT2D eigenvalue weighted by atomic mass is 10.1. The van der Waals surface area contributed by atoms with Crippen LogP contribution < -0.4 is 5.73 Å². The molecule has 0 saturated heterocycles. The molecule has 2 heterocycles. The third kappa shape index (κ3) is 2.96. The lowest BCUT2D eigenvalue weighted by molar-refractivity contribution is -0.137. The Bertz CT molecular complexity index is 609. The highest BCUT2D eigenvalue weighted by Crippen LogP contribution is 2.33. The first-order chi connectivity index (χ1) is 8.91. The quantitative estimate of drug-likeness (QED) is 0.879. The molecule has 100 valence electrons. The second-order valence-corrected chi connectivity index (χ2v) is 4.63. The van der Waals surface area contributed by atoms with Crippen molar-refractivity contribution in [2.24, 2.45) is 5.73 Å². The van der Waals surface area contributed by atoms with E-state index in [0.717, 1.165) is 6.20 Å². The van der Waals surface area contributed by atoms with Crippen LogP contribution in [-0.2, 0) is 12.7 Å². The summed E-state index contributed by atoms with van der Waals surface area (Å²) in [6.45, 7) is 0.150. The number of carbonyl (C=O) groups is 1. The van der Waals surface area contributed by atoms with Crippen molar-refractivity contribution in [1.29, 1.82) is 0 Å². The van der Waals surface area contributed by atoms with Gasteiger partial charge in [0.15, 0.2) is 5.01 Å². The van der Waals surface area contributed by atoms with E-state index in [1.165, 1.54) is 18.3 Å². The van der Waals surface area contributed by atoms with E-state index in [1.807, 2.05) is 0 Å². The van der Waals surface area contributed by atoms with Crippen LogP contribution in [0.1, 0.15) is 25.9 Å². The number of hydrogen-bond donors (Lipinski definition) is 1. The van der Waals surface area contributed by atoms with Crippen LogP contribution in [0.25, 0.3) is 0 Å². The average molecular weight is 287 g/mol. The number of halogens is 3. The first kappa shape index (κ1) is 13.6. The van der Waals surface area contributed by atoms with Crippen LogP contribution >= 0.6 is 11.3 Å². The van der Waals surface area contributed by atoms with Gasteiger partial charge in [-0.2, -0.15) is 13.2 Å². The highest BCUT2D eigenvalue weighted by atomic mass is 32.1. The minimum absolute atomic E-state index is 0.0681. The van der Waals surface area contributed by atoms with Gasteiger partial charge in [-0.25, -0.2) is 4.98 Å². The molecule has 0 spiro atoms. The maximum atomic E-state index is 12.4. The van der Waals surface area contributed by atoms with Crippen LogP contribution in [0.2, 0.25) is 0 Å². The molecule has 0 atom stereocenters. The normalized spacial score (nSPS) is 11.6. The third-order valence-electron chi connectivity index (χ3n) is 2.26. The van der Waals surface area contributed by atoms with Crippen LogP contribution in [-0.4, -0.2) is 15.8 Å². The fraction of sp³-hybridized carbons (Fsp3) is 0.182. The van der Waals surface area contributed by atoms with Crippen molar-refractivity contribution >= 4 is 17.1 Å². The molecule has 0 fully saturated rings. The molecule has 2 rings (SSSR count). The molecule has 0 saturated carbocycles. The Balaban J connectivity index is 2.31. The summed E-state index contributed by atoms with van der Waals surface area (Å²) in [5.74, 6) is -0.523. The van der Waals surface area contributed by atoms with Crippen LogP contribution in [0.5, 0.6) is 0 Å². The molecule has 8 heteroatoms. The number of hydrogen-bond acceptors (Lipinski definition) is 5. The van der Waals surface area contributed by atoms with E-state index >= 15 is 0 Å². The van der Waals surface area contributed by atoms with Crippen molar-refractivity contribution in [2.75, 3.05) is 0 Å². The van der Waals surface area contributed by atoms with Crippen LogP contribution in [0.4, 0.5) is 13.2 Å². The number of aromatic nitrogens is 2. The number of nitrogens with two attached hydrogens (primary N) is 1. The molecule has 19 heavy (non-hydrogen) atoms. The summed E-state index contributed by atoms with van der Waals surface area (Å²) in [5.41, 5.74) is 6.12. The van der Waals surface area contributed by atoms with Gasteiger partial charge in [0.1, 0.15) is 0 Å². The zero-order valence-electron chi connectivity index (χ0n) is 9.44. The monoisotopic (exact) mass is 287 g/mol. The number of rotatable bonds is 3. The Hall–Kier alpha value is -1.80. The Morgan fingerprint density at radius 1 is 1.37 bits per heavy atom. The zero-order chi connectivity index (χ0) is 14.0. The molecule has 0 unspecified atom stereocenters. The summed E-state index contributed by atoms with van der Waals surface area (Å²) in [7, 11) is 0. The number of alkyl halides is 3. The van der Waals surface area contributed by atoms with E-state index in [1.54, 1.807) is 0 Å². The van der Waals surface area contributed by atoms with Crippen molar-refractivity contribution in [1.82, 2.24) is 9.97 Å². The van der Waals surface area contributed by atoms with Gasteiger partial charge in [-0.05, 0) is 12.1 Å². The van der Waals surface area contributed by atoms with Gasteiger partial charge in [0, 0.05) is 24.5 Å². The maximum Gasteiger partial charge on any atom is 0.443 e. The van der Waals surface area contributed by atoms with Crippen molar-refractivity contribution in [2.45, 2.75) is 12.7 Å². The fourth-order valence-corrected chi connectivity index (χ4v) is 2.13. The molecule has 0 amide bonds. The summed E-state index contributed by atoms with van der Waals surface area (Å²) in [6.07, 6.45) is -2.22. The van der Waals surface area contributed by atoms with Gasteiger partial charge >= 0.3 is 6.18 Å². The number of ketones is 1. The molecule has 4 nitrogen and oxygen atoms in total. The van der Waals surface area contributed by atoms with E-state index in [2.05, 4.69) is 9.97 Å². The number of thiazole rings is 1. The van der Waals surface area contributed by atoms with Crippen molar-refractivity contribution in [3.8, 4) is 0 Å². The van der Waals surface area contributed by atoms with Gasteiger partial charge < -0.3 is 5.73 Å². The summed E-state index contributed by atoms with van der Waals surface area (Å²) in [4.78, 5) is 19.0. The van der Waals surface area contributed by atoms with E-state index in [9.17, 15) is 18.0 Å². The topological polar surface area (TPSA) is 68.9 Å². The minimum atomic E-state index is -4.54. The molecular weight excluding hydrogens is 279 g/mol. The van der Waals surface area contributed by atoms with Gasteiger partial charge in [-0.15, -0.1) is 11.3 Å². The van der Waals surface area contributed by atoms with Gasteiger partial charge in [0.25, 0.3) is 0 Å². The second kappa shape index (κ2) is 5.06. The second-order valence-electron chi connectivity index (χ2n) is 3.60. The summed E-state index contributed by atoms with van der Waals surface area (Å²) < 4.78 is 37.2. The number of carbonyl (C=O) groups excluding carboxylic acids is 1. The van der Waals surface area contributed by atoms with Gasteiger partial charge in [0.05, 0.1) is 10.6 Å². The SMILES string of the molecule is NCc1cc(C(=O)c2cnc(C(F)(F)F)s2)ccn1. The first-order valence-corrected chi connectivity index (χ1v) is 5.96. The first-order valence-electron chi connectivity index (χ1n) is 5.14. The maximum absolute atomic E-state index is 12.4. The minimum Gasteiger partial charge on any atom is -0.325 e. The van der Waals surface area contributed by atoms with Crippen LogP contribution in [0, 0.1) is 0 Å². The molecule has 0 aliphatic rings. The largest absolute Gasteiger partial charge is 0.443 e. The highest BCUT2D eigenvalue weighted by Gasteiger charge is 2.35. The van der Waals surface area contributed by atoms with Crippen LogP contribution in [0.15, 0.2) is 24.5 Å². The Morgan fingerprint density at radius 3 is 2.68 bits per heavy atom. The van der Waals surface area contributed by atoms with Crippen LogP contribution in [0.3, 0.4) is 0 Å². The summed E-state index contributed by atoms with van der Waals surface area (Å²) in [5, 5.41) is -1.04. The molecule has 0 aliphatic heterocycles. The van der Waals surface area contributed by atoms with E-state index in [0.29, 0.717) is 17.0 Å². The predicted octanol–water partition coefficient (Wildman–Crippen LogP) is 2.25. The van der Waals surface area contributed by atoms with E-state index in [4.69, 9.17) is 5.73 Å². The zero-order valence-corrected chi connectivity index (χ0v) is 10.3. The summed E-state index contributed by atoms with van der Waals surface area (Å²) >= 11 is 0.319. The molecule has 0 aliphatic carbocycles.